The van der Waals surface area contributed by atoms with Gasteiger partial charge in [-0.25, -0.2) is 14.8 Å². The van der Waals surface area contributed by atoms with Gasteiger partial charge in [-0.2, -0.15) is 0 Å². The fraction of sp³-hybridized carbons (Fsp3) is 0.475. The first-order valence-electron chi connectivity index (χ1n) is 29.1. The van der Waals surface area contributed by atoms with Gasteiger partial charge in [0.15, 0.2) is 0 Å². The van der Waals surface area contributed by atoms with E-state index in [4.69, 9.17) is 11.5 Å². The summed E-state index contributed by atoms with van der Waals surface area (Å²) in [6, 6.07) is 3.67. The van der Waals surface area contributed by atoms with Crippen molar-refractivity contribution < 1.29 is 63.0 Å². The normalized spacial score (nSPS) is 14.3. The molecular weight excluding hydrogens is 1140 g/mol. The summed E-state index contributed by atoms with van der Waals surface area (Å²) in [5, 5.41) is 43.4. The Balaban J connectivity index is 1.41. The highest BCUT2D eigenvalue weighted by Gasteiger charge is 2.36. The SMILES string of the molecule is CC(C)CC(NC(=O)CNC(=O)C(NC(=O)C(Cc1ccccc1)NC(=O)C(Cc1c[nH]c2ccccc12)NC(=O)C(Cc1cnc[nH]1)NC(=O)C(CCCCN)NC(=O)C(CCC(=O)O)NC(=O)C(C)NC(=O)C(N)Cc1cnc[nH]1)C(C)C)C(=O)O. The number of nitrogens with two attached hydrogens (primary N) is 2. The van der Waals surface area contributed by atoms with Gasteiger partial charge in [0.1, 0.15) is 48.3 Å². The molecule has 9 unspecified atom stereocenters. The van der Waals surface area contributed by atoms with Crippen molar-refractivity contribution in [2.45, 2.75) is 153 Å². The number of aliphatic carboxylic acids is 2. The third kappa shape index (κ3) is 22.4. The minimum absolute atomic E-state index is 0.0514. The number of carbonyl (C=O) groups is 11. The van der Waals surface area contributed by atoms with E-state index in [1.54, 1.807) is 82.4 Å². The molecule has 18 N–H and O–H groups in total. The summed E-state index contributed by atoms with van der Waals surface area (Å²) in [6.07, 6.45) is 6.56. The van der Waals surface area contributed by atoms with Crippen LogP contribution in [0.4, 0.5) is 0 Å². The molecule has 29 heteroatoms. The zero-order valence-electron chi connectivity index (χ0n) is 49.9. The lowest BCUT2D eigenvalue weighted by Crippen LogP contribution is -2.61. The van der Waals surface area contributed by atoms with Crippen molar-refractivity contribution in [1.29, 1.82) is 0 Å². The number of aromatic amines is 3. The number of nitrogens with one attached hydrogen (secondary N) is 12. The molecule has 0 bridgehead atoms. The molecule has 3 aromatic heterocycles. The number of H-pyrrole nitrogens is 3. The fourth-order valence-electron chi connectivity index (χ4n) is 9.41. The summed E-state index contributed by atoms with van der Waals surface area (Å²) in [7, 11) is 0. The van der Waals surface area contributed by atoms with Gasteiger partial charge in [0.2, 0.25) is 53.2 Å². The maximum Gasteiger partial charge on any atom is 0.326 e. The van der Waals surface area contributed by atoms with Gasteiger partial charge < -0.3 is 84.5 Å². The Bertz CT molecular complexity index is 3140. The number of carboxylic acid groups (broad SMARTS) is 2. The van der Waals surface area contributed by atoms with Gasteiger partial charge in [-0.15, -0.1) is 0 Å². The smallest absolute Gasteiger partial charge is 0.326 e. The third-order valence-corrected chi connectivity index (χ3v) is 14.2. The molecule has 0 saturated carbocycles. The number of hydrogen-bond donors (Lipinski definition) is 16. The first-order chi connectivity index (χ1) is 41.9. The van der Waals surface area contributed by atoms with E-state index in [0.717, 1.165) is 0 Å². The number of para-hydroxylation sites is 1. The van der Waals surface area contributed by atoms with E-state index in [1.807, 2.05) is 6.07 Å². The molecule has 0 radical (unpaired) electrons. The number of hydrogen-bond acceptors (Lipinski definition) is 15. The largest absolute Gasteiger partial charge is 0.481 e. The van der Waals surface area contributed by atoms with Crippen molar-refractivity contribution in [2.75, 3.05) is 13.1 Å². The highest BCUT2D eigenvalue weighted by atomic mass is 16.4. The molecule has 0 saturated heterocycles. The topological polar surface area (TPSA) is 462 Å². The molecule has 0 spiro atoms. The van der Waals surface area contributed by atoms with E-state index >= 15 is 0 Å². The fourth-order valence-corrected chi connectivity index (χ4v) is 9.41. The minimum atomic E-state index is -1.55. The van der Waals surface area contributed by atoms with Crippen molar-refractivity contribution in [2.24, 2.45) is 23.3 Å². The van der Waals surface area contributed by atoms with E-state index in [1.165, 1.54) is 32.0 Å². The molecule has 476 valence electrons. The van der Waals surface area contributed by atoms with Crippen LogP contribution in [0.25, 0.3) is 10.9 Å². The molecule has 9 amide bonds. The molecule has 29 nitrogen and oxygen atoms in total. The number of carboxylic acids is 2. The van der Waals surface area contributed by atoms with Crippen LogP contribution in [0.15, 0.2) is 85.8 Å². The molecule has 0 fully saturated rings. The second kappa shape index (κ2) is 34.6. The Hall–Kier alpha value is -9.51. The summed E-state index contributed by atoms with van der Waals surface area (Å²) in [6.45, 7) is 7.82. The Morgan fingerprint density at radius 1 is 0.545 bits per heavy atom. The van der Waals surface area contributed by atoms with Crippen molar-refractivity contribution in [3.63, 3.8) is 0 Å². The zero-order valence-corrected chi connectivity index (χ0v) is 49.9. The average molecular weight is 1220 g/mol. The summed E-state index contributed by atoms with van der Waals surface area (Å²) in [4.78, 5) is 167. The van der Waals surface area contributed by atoms with Gasteiger partial charge in [-0.1, -0.05) is 76.2 Å². The van der Waals surface area contributed by atoms with Crippen LogP contribution in [0.3, 0.4) is 0 Å². The number of carbonyl (C=O) groups excluding carboxylic acids is 9. The molecule has 0 aliphatic heterocycles. The van der Waals surface area contributed by atoms with Crippen LogP contribution in [-0.4, -0.2) is 168 Å². The lowest BCUT2D eigenvalue weighted by Gasteiger charge is -2.28. The van der Waals surface area contributed by atoms with Crippen molar-refractivity contribution in [3.05, 3.63) is 108 Å². The standard InChI is InChI=1S/C59H82N16O13/c1-32(2)21-47(59(87)88)69-48(76)29-65-58(86)50(33(3)4)75-57(85)44(22-35-13-7-6-8-14-35)72-55(83)45(23-36-26-64-41-16-10-9-15-39(36)41)73-56(84)46(25-38-28-63-31-67-38)74-53(81)42(17-11-12-20-60)71-54(82)43(18-19-49(77)78)70-51(79)34(5)68-52(80)40(61)24-37-27-62-30-66-37/h6-10,13-16,26-28,30-34,40,42-47,50,64H,11-12,17-25,29,60-61H2,1-5H3,(H,62,66)(H,63,67)(H,65,86)(H,68,80)(H,69,76)(H,70,79)(H,71,82)(H,72,83)(H,73,84)(H,74,81)(H,75,85)(H,77,78)(H,87,88). The number of amides is 9. The van der Waals surface area contributed by atoms with E-state index in [0.29, 0.717) is 39.8 Å². The van der Waals surface area contributed by atoms with Gasteiger partial charge in [0, 0.05) is 73.0 Å². The molecular formula is C59H82N16O13. The van der Waals surface area contributed by atoms with Gasteiger partial charge in [0.25, 0.3) is 0 Å². The summed E-state index contributed by atoms with van der Waals surface area (Å²) >= 11 is 0. The molecule has 88 heavy (non-hydrogen) atoms. The lowest BCUT2D eigenvalue weighted by atomic mass is 9.99. The van der Waals surface area contributed by atoms with E-state index in [9.17, 15) is 63.0 Å². The second-order valence-corrected chi connectivity index (χ2v) is 22.2. The predicted octanol–water partition coefficient (Wildman–Crippen LogP) is -0.993. The molecule has 9 atom stereocenters. The number of imidazole rings is 2. The van der Waals surface area contributed by atoms with Crippen molar-refractivity contribution >= 4 is 76.0 Å². The molecule has 0 aliphatic rings. The monoisotopic (exact) mass is 1220 g/mol. The first kappa shape index (κ1) is 69.3. The quantitative estimate of drug-likeness (QED) is 0.0212. The lowest BCUT2D eigenvalue weighted by molar-refractivity contribution is -0.142. The number of rotatable bonds is 37. The molecule has 0 aliphatic carbocycles. The number of fused-ring (bicyclic) bond motifs is 1. The highest BCUT2D eigenvalue weighted by molar-refractivity contribution is 5.99. The van der Waals surface area contributed by atoms with Crippen molar-refractivity contribution in [3.8, 4) is 0 Å². The summed E-state index contributed by atoms with van der Waals surface area (Å²) in [5.41, 5.74) is 14.7. The van der Waals surface area contributed by atoms with E-state index in [-0.39, 0.29) is 57.4 Å². The minimum Gasteiger partial charge on any atom is -0.481 e. The number of aromatic nitrogens is 5. The van der Waals surface area contributed by atoms with Crippen LogP contribution in [-0.2, 0) is 78.4 Å². The Kier molecular flexibility index (Phi) is 27.2. The van der Waals surface area contributed by atoms with Gasteiger partial charge in [-0.05, 0) is 74.6 Å². The van der Waals surface area contributed by atoms with Gasteiger partial charge in [-0.3, -0.25) is 47.9 Å². The van der Waals surface area contributed by atoms with Crippen molar-refractivity contribution in [1.82, 2.24) is 72.8 Å². The van der Waals surface area contributed by atoms with Crippen LogP contribution >= 0.6 is 0 Å². The van der Waals surface area contributed by atoms with Gasteiger partial charge >= 0.3 is 11.9 Å². The molecule has 5 aromatic rings. The Morgan fingerprint density at radius 2 is 1.09 bits per heavy atom. The Morgan fingerprint density at radius 3 is 1.67 bits per heavy atom. The zero-order chi connectivity index (χ0) is 64.5. The maximum atomic E-state index is 15.0. The third-order valence-electron chi connectivity index (χ3n) is 14.2. The summed E-state index contributed by atoms with van der Waals surface area (Å²) < 4.78 is 0. The first-order valence-corrected chi connectivity index (χ1v) is 29.1. The predicted molar refractivity (Wildman–Crippen MR) is 321 cm³/mol. The maximum absolute atomic E-state index is 15.0. The number of nitrogens with zero attached hydrogens (tertiary/aromatic N) is 2. The van der Waals surface area contributed by atoms with Crippen LogP contribution in [0.5, 0.6) is 0 Å². The van der Waals surface area contributed by atoms with Crippen LogP contribution in [0.1, 0.15) is 95.7 Å². The molecule has 5 rings (SSSR count). The van der Waals surface area contributed by atoms with Gasteiger partial charge in [0.05, 0.1) is 25.2 Å². The van der Waals surface area contributed by atoms with Crippen LogP contribution in [0.2, 0.25) is 0 Å². The number of unbranched alkanes of at least 4 members (excludes halogenated alkanes) is 1. The Labute approximate surface area is 508 Å². The second-order valence-electron chi connectivity index (χ2n) is 22.2. The van der Waals surface area contributed by atoms with Crippen LogP contribution in [0, 0.1) is 11.8 Å². The van der Waals surface area contributed by atoms with Crippen LogP contribution < -0.4 is 59.3 Å². The molecule has 3 heterocycles. The van der Waals surface area contributed by atoms with E-state index < -0.39 is 145 Å². The molecule has 2 aromatic carbocycles. The van der Waals surface area contributed by atoms with E-state index in [2.05, 4.69) is 72.8 Å². The number of benzene rings is 2. The highest BCUT2D eigenvalue weighted by Crippen LogP contribution is 2.20. The summed E-state index contributed by atoms with van der Waals surface area (Å²) in [5.74, 6) is -10.7. The average Bonchev–Trinajstić information content (AvgIpc) is 3.88.